The summed E-state index contributed by atoms with van der Waals surface area (Å²) in [5.74, 6) is 0. The molecule has 0 bridgehead atoms. The smallest absolute Gasteiger partial charge is 0.0918 e. The van der Waals surface area contributed by atoms with Crippen molar-refractivity contribution in [1.82, 2.24) is 19.9 Å². The van der Waals surface area contributed by atoms with E-state index in [1.165, 1.54) is 33.4 Å². The highest BCUT2D eigenvalue weighted by molar-refractivity contribution is 5.95. The zero-order chi connectivity index (χ0) is 33.0. The summed E-state index contributed by atoms with van der Waals surface area (Å²) in [5.41, 5.74) is 16.9. The van der Waals surface area contributed by atoms with Gasteiger partial charge in [-0.25, -0.2) is 9.97 Å². The van der Waals surface area contributed by atoms with Crippen molar-refractivity contribution in [3.63, 3.8) is 0 Å². The van der Waals surface area contributed by atoms with Gasteiger partial charge in [0.1, 0.15) is 0 Å². The highest BCUT2D eigenvalue weighted by atomic mass is 14.8. The van der Waals surface area contributed by atoms with E-state index < -0.39 is 0 Å². The van der Waals surface area contributed by atoms with Crippen LogP contribution in [0, 0.1) is 13.8 Å². The number of hydrogen-bond acceptors (Lipinski definition) is 4. The van der Waals surface area contributed by atoms with Crippen LogP contribution in [0.15, 0.2) is 134 Å². The molecule has 0 saturated carbocycles. The third-order valence-corrected chi connectivity index (χ3v) is 9.11. The predicted molar refractivity (Wildman–Crippen MR) is 198 cm³/mol. The maximum Gasteiger partial charge on any atom is 0.0918 e. The largest absolute Gasteiger partial charge is 0.254 e. The van der Waals surface area contributed by atoms with Crippen molar-refractivity contribution in [1.29, 1.82) is 0 Å². The van der Waals surface area contributed by atoms with Crippen molar-refractivity contribution in [3.8, 4) is 67.5 Å². The molecule has 4 nitrogen and oxygen atoms in total. The van der Waals surface area contributed by atoms with E-state index in [2.05, 4.69) is 137 Å². The Bertz CT molecular complexity index is 2090. The summed E-state index contributed by atoms with van der Waals surface area (Å²) in [7, 11) is 0. The van der Waals surface area contributed by atoms with Crippen LogP contribution in [0.5, 0.6) is 0 Å². The number of rotatable bonds is 8. The van der Waals surface area contributed by atoms with Gasteiger partial charge in [0, 0.05) is 23.5 Å². The second kappa shape index (κ2) is 13.5. The van der Waals surface area contributed by atoms with Gasteiger partial charge in [0.05, 0.1) is 34.2 Å². The standard InChI is InChI=1S/C44H38N4/c1-5-31-17-13-25-45-43(31)41-23-11-21-39(47-41)37-27-36(34-20-10-8-16-30(34)4)38(28-35(37)33-19-9-7-15-29(33)3)40-22-12-24-42(48-40)44-32(6-2)18-14-26-46-44/h7-28H,5-6H2,1-4H3. The third-order valence-electron chi connectivity index (χ3n) is 9.11. The normalized spacial score (nSPS) is 11.1. The number of nitrogens with zero attached hydrogens (tertiary/aromatic N) is 4. The Labute approximate surface area is 283 Å². The number of aryl methyl sites for hydroxylation is 4. The molecule has 0 fully saturated rings. The summed E-state index contributed by atoms with van der Waals surface area (Å²) in [6.45, 7) is 8.67. The first-order valence-corrected chi connectivity index (χ1v) is 16.7. The lowest BCUT2D eigenvalue weighted by atomic mass is 9.85. The fourth-order valence-electron chi connectivity index (χ4n) is 6.56. The van der Waals surface area contributed by atoms with Crippen molar-refractivity contribution < 1.29 is 0 Å². The van der Waals surface area contributed by atoms with Crippen LogP contribution in [0.4, 0.5) is 0 Å². The van der Waals surface area contributed by atoms with Gasteiger partial charge in [-0.1, -0.05) is 86.6 Å². The lowest BCUT2D eigenvalue weighted by molar-refractivity contribution is 1.10. The summed E-state index contributed by atoms with van der Waals surface area (Å²) in [4.78, 5) is 20.1. The molecule has 4 heterocycles. The van der Waals surface area contributed by atoms with Crippen LogP contribution >= 0.6 is 0 Å². The van der Waals surface area contributed by atoms with Crippen LogP contribution < -0.4 is 0 Å². The average molecular weight is 623 g/mol. The predicted octanol–water partition coefficient (Wildman–Crippen LogP) is 11.0. The number of hydrogen-bond donors (Lipinski definition) is 0. The van der Waals surface area contributed by atoms with E-state index in [0.29, 0.717) is 0 Å². The highest BCUT2D eigenvalue weighted by Crippen LogP contribution is 2.43. The minimum atomic E-state index is 0.874. The molecule has 0 aliphatic rings. The Kier molecular flexibility index (Phi) is 8.72. The summed E-state index contributed by atoms with van der Waals surface area (Å²) < 4.78 is 0. The minimum Gasteiger partial charge on any atom is -0.254 e. The van der Waals surface area contributed by atoms with Crippen LogP contribution in [-0.2, 0) is 12.8 Å². The first kappa shape index (κ1) is 30.9. The molecule has 7 rings (SSSR count). The van der Waals surface area contributed by atoms with Crippen molar-refractivity contribution in [2.75, 3.05) is 0 Å². The summed E-state index contributed by atoms with van der Waals surface area (Å²) in [6.07, 6.45) is 5.48. The number of pyridine rings is 4. The van der Waals surface area contributed by atoms with Crippen LogP contribution in [0.25, 0.3) is 67.5 Å². The molecule has 4 aromatic heterocycles. The molecule has 0 unspecified atom stereocenters. The molecule has 48 heavy (non-hydrogen) atoms. The van der Waals surface area contributed by atoms with Gasteiger partial charge in [-0.05, 0) is 120 Å². The van der Waals surface area contributed by atoms with E-state index in [1.54, 1.807) is 0 Å². The van der Waals surface area contributed by atoms with Gasteiger partial charge < -0.3 is 0 Å². The van der Waals surface area contributed by atoms with Crippen LogP contribution in [0.2, 0.25) is 0 Å². The molecular weight excluding hydrogens is 585 g/mol. The molecule has 0 spiro atoms. The fourth-order valence-corrected chi connectivity index (χ4v) is 6.56. The first-order chi connectivity index (χ1) is 23.6. The van der Waals surface area contributed by atoms with Crippen molar-refractivity contribution in [3.05, 3.63) is 156 Å². The van der Waals surface area contributed by atoms with Crippen LogP contribution in [0.3, 0.4) is 0 Å². The van der Waals surface area contributed by atoms with Crippen molar-refractivity contribution in [2.45, 2.75) is 40.5 Å². The summed E-state index contributed by atoms with van der Waals surface area (Å²) in [5, 5.41) is 0. The molecule has 7 aromatic rings. The number of aromatic nitrogens is 4. The second-order valence-corrected chi connectivity index (χ2v) is 12.1. The first-order valence-electron chi connectivity index (χ1n) is 16.7. The highest BCUT2D eigenvalue weighted by Gasteiger charge is 2.20. The Morgan fingerprint density at radius 3 is 1.23 bits per heavy atom. The molecule has 0 radical (unpaired) electrons. The van der Waals surface area contributed by atoms with Gasteiger partial charge in [0.15, 0.2) is 0 Å². The van der Waals surface area contributed by atoms with Gasteiger partial charge in [-0.15, -0.1) is 0 Å². The molecule has 0 aliphatic carbocycles. The zero-order valence-corrected chi connectivity index (χ0v) is 27.9. The topological polar surface area (TPSA) is 51.6 Å². The third kappa shape index (κ3) is 5.93. The van der Waals surface area contributed by atoms with Crippen LogP contribution in [-0.4, -0.2) is 19.9 Å². The summed E-state index contributed by atoms with van der Waals surface area (Å²) >= 11 is 0. The number of benzene rings is 3. The Hall–Kier alpha value is -5.74. The molecular formula is C44H38N4. The van der Waals surface area contributed by atoms with Gasteiger partial charge in [0.2, 0.25) is 0 Å². The SMILES string of the molecule is CCc1cccnc1-c1cccc(-c2cc(-c3ccccc3C)c(-c3cccc(-c4ncccc4CC)n3)cc2-c2ccccc2C)n1. The van der Waals surface area contributed by atoms with E-state index in [9.17, 15) is 0 Å². The monoisotopic (exact) mass is 622 g/mol. The molecule has 0 N–H and O–H groups in total. The average Bonchev–Trinajstić information content (AvgIpc) is 3.15. The minimum absolute atomic E-state index is 0.874. The molecule has 0 saturated heterocycles. The zero-order valence-electron chi connectivity index (χ0n) is 27.9. The van der Waals surface area contributed by atoms with Gasteiger partial charge in [-0.2, -0.15) is 0 Å². The van der Waals surface area contributed by atoms with E-state index in [1.807, 2.05) is 24.5 Å². The van der Waals surface area contributed by atoms with Gasteiger partial charge >= 0.3 is 0 Å². The van der Waals surface area contributed by atoms with Gasteiger partial charge in [0.25, 0.3) is 0 Å². The van der Waals surface area contributed by atoms with E-state index in [0.717, 1.165) is 69.3 Å². The Morgan fingerprint density at radius 1 is 0.396 bits per heavy atom. The lowest BCUT2D eigenvalue weighted by Crippen LogP contribution is -1.99. The van der Waals surface area contributed by atoms with Gasteiger partial charge in [-0.3, -0.25) is 9.97 Å². The van der Waals surface area contributed by atoms with Crippen molar-refractivity contribution in [2.24, 2.45) is 0 Å². The van der Waals surface area contributed by atoms with E-state index in [-0.39, 0.29) is 0 Å². The van der Waals surface area contributed by atoms with Crippen LogP contribution in [0.1, 0.15) is 36.1 Å². The quantitative estimate of drug-likeness (QED) is 0.169. The Balaban J connectivity index is 1.52. The fraction of sp³-hybridized carbons (Fsp3) is 0.136. The molecule has 234 valence electrons. The summed E-state index contributed by atoms with van der Waals surface area (Å²) in [6, 6.07) is 42.6. The molecule has 0 aliphatic heterocycles. The second-order valence-electron chi connectivity index (χ2n) is 12.1. The molecule has 0 atom stereocenters. The maximum atomic E-state index is 5.28. The Morgan fingerprint density at radius 2 is 0.812 bits per heavy atom. The molecule has 3 aromatic carbocycles. The maximum absolute atomic E-state index is 5.28. The van der Waals surface area contributed by atoms with Crippen molar-refractivity contribution >= 4 is 0 Å². The van der Waals surface area contributed by atoms with E-state index >= 15 is 0 Å². The molecule has 0 amide bonds. The molecule has 4 heteroatoms. The lowest BCUT2D eigenvalue weighted by Gasteiger charge is -2.20. The van der Waals surface area contributed by atoms with E-state index in [4.69, 9.17) is 19.9 Å².